The summed E-state index contributed by atoms with van der Waals surface area (Å²) in [6, 6.07) is -0.00838. The summed E-state index contributed by atoms with van der Waals surface area (Å²) in [4.78, 5) is 11.2. The third kappa shape index (κ3) is 3.55. The van der Waals surface area contributed by atoms with E-state index in [4.69, 9.17) is 0 Å². The molecular weight excluding hydrogens is 264 g/mol. The zero-order valence-electron chi connectivity index (χ0n) is 11.7. The largest absolute Gasteiger partial charge is 0.300 e. The Morgan fingerprint density at radius 3 is 2.11 bits per heavy atom. The van der Waals surface area contributed by atoms with Crippen LogP contribution in [-0.4, -0.2) is 49.0 Å². The molecule has 1 aliphatic heterocycles. The van der Waals surface area contributed by atoms with Gasteiger partial charge >= 0.3 is 0 Å². The number of carbonyl (C=O) groups excluding carboxylic acids is 1. The van der Waals surface area contributed by atoms with Crippen LogP contribution in [0.5, 0.6) is 0 Å². The molecule has 0 radical (unpaired) electrons. The molecule has 2 rings (SSSR count). The third-order valence-electron chi connectivity index (χ3n) is 4.28. The van der Waals surface area contributed by atoms with Crippen molar-refractivity contribution in [3.63, 3.8) is 0 Å². The molecule has 5 nitrogen and oxygen atoms in total. The van der Waals surface area contributed by atoms with Gasteiger partial charge in [0.25, 0.3) is 10.2 Å². The van der Waals surface area contributed by atoms with Gasteiger partial charge in [0, 0.05) is 39.0 Å². The number of hydrogen-bond acceptors (Lipinski definition) is 3. The molecule has 0 atom stereocenters. The van der Waals surface area contributed by atoms with Gasteiger partial charge in [0.1, 0.15) is 5.78 Å². The smallest absolute Gasteiger partial charge is 0.281 e. The van der Waals surface area contributed by atoms with Crippen molar-refractivity contribution >= 4 is 16.0 Å². The van der Waals surface area contributed by atoms with Crippen LogP contribution in [0.15, 0.2) is 0 Å². The summed E-state index contributed by atoms with van der Waals surface area (Å²) >= 11 is 0. The number of nitrogens with zero attached hydrogens (tertiary/aromatic N) is 2. The molecule has 0 unspecified atom stereocenters. The van der Waals surface area contributed by atoms with Crippen LogP contribution in [0.1, 0.15) is 51.4 Å². The number of Topliss-reactive ketones (excluding diaryl/α,β-unsaturated/α-hetero) is 1. The Bertz CT molecular complexity index is 404. The second-order valence-corrected chi connectivity index (χ2v) is 7.60. The van der Waals surface area contributed by atoms with E-state index in [2.05, 4.69) is 0 Å². The normalized spacial score (nSPS) is 24.6. The molecule has 0 aromatic rings. The third-order valence-corrected chi connectivity index (χ3v) is 6.33. The topological polar surface area (TPSA) is 57.7 Å². The maximum absolute atomic E-state index is 12.6. The van der Waals surface area contributed by atoms with Crippen molar-refractivity contribution in [2.45, 2.75) is 57.4 Å². The van der Waals surface area contributed by atoms with Crippen molar-refractivity contribution in [1.29, 1.82) is 0 Å². The van der Waals surface area contributed by atoms with Crippen molar-refractivity contribution in [3.8, 4) is 0 Å². The van der Waals surface area contributed by atoms with Crippen LogP contribution in [0.25, 0.3) is 0 Å². The van der Waals surface area contributed by atoms with Gasteiger partial charge in [-0.3, -0.25) is 4.79 Å². The first kappa shape index (κ1) is 14.9. The predicted molar refractivity (Wildman–Crippen MR) is 74.0 cm³/mol. The van der Waals surface area contributed by atoms with Gasteiger partial charge in [-0.1, -0.05) is 12.8 Å². The minimum absolute atomic E-state index is 0.00838. The summed E-state index contributed by atoms with van der Waals surface area (Å²) in [5.74, 6) is 0.261. The second kappa shape index (κ2) is 6.33. The van der Waals surface area contributed by atoms with Crippen LogP contribution in [0.2, 0.25) is 0 Å². The lowest BCUT2D eigenvalue weighted by Gasteiger charge is -2.33. The molecule has 1 saturated heterocycles. The van der Waals surface area contributed by atoms with E-state index >= 15 is 0 Å². The van der Waals surface area contributed by atoms with E-state index < -0.39 is 10.2 Å². The summed E-state index contributed by atoms with van der Waals surface area (Å²) in [6.07, 6.45) is 6.52. The highest BCUT2D eigenvalue weighted by Crippen LogP contribution is 2.24. The van der Waals surface area contributed by atoms with Crippen molar-refractivity contribution in [1.82, 2.24) is 8.61 Å². The Morgan fingerprint density at radius 2 is 1.58 bits per heavy atom. The highest BCUT2D eigenvalue weighted by atomic mass is 32.2. The maximum Gasteiger partial charge on any atom is 0.281 e. The number of hydrogen-bond donors (Lipinski definition) is 0. The van der Waals surface area contributed by atoms with Crippen LogP contribution in [-0.2, 0) is 15.0 Å². The minimum atomic E-state index is -3.35. The van der Waals surface area contributed by atoms with Gasteiger partial charge in [0.15, 0.2) is 0 Å². The van der Waals surface area contributed by atoms with Crippen molar-refractivity contribution < 1.29 is 13.2 Å². The first-order valence-electron chi connectivity index (χ1n) is 7.26. The zero-order valence-corrected chi connectivity index (χ0v) is 12.5. The molecule has 1 aliphatic carbocycles. The lowest BCUT2D eigenvalue weighted by atomic mass is 9.95. The maximum atomic E-state index is 12.6. The van der Waals surface area contributed by atoms with E-state index in [0.29, 0.717) is 38.8 Å². The van der Waals surface area contributed by atoms with E-state index in [0.717, 1.165) is 25.7 Å². The molecule has 0 aromatic carbocycles. The first-order chi connectivity index (χ1) is 9.01. The minimum Gasteiger partial charge on any atom is -0.300 e. The summed E-state index contributed by atoms with van der Waals surface area (Å²) in [7, 11) is -1.68. The number of carbonyl (C=O) groups is 1. The Morgan fingerprint density at radius 1 is 1.05 bits per heavy atom. The monoisotopic (exact) mass is 288 g/mol. The van der Waals surface area contributed by atoms with Gasteiger partial charge in [0.2, 0.25) is 0 Å². The SMILES string of the molecule is CN(C1CCC(=O)CC1)S(=O)(=O)N1CCCCCC1. The Kier molecular flexibility index (Phi) is 4.97. The van der Waals surface area contributed by atoms with Gasteiger partial charge in [-0.25, -0.2) is 0 Å². The summed E-state index contributed by atoms with van der Waals surface area (Å²) in [5.41, 5.74) is 0. The number of rotatable bonds is 3. The van der Waals surface area contributed by atoms with Gasteiger partial charge in [-0.2, -0.15) is 17.0 Å². The predicted octanol–water partition coefficient (Wildman–Crippen LogP) is 1.55. The Balaban J connectivity index is 2.03. The summed E-state index contributed by atoms with van der Waals surface area (Å²) in [5, 5.41) is 0. The molecule has 1 heterocycles. The fourth-order valence-corrected chi connectivity index (χ4v) is 4.60. The molecule has 19 heavy (non-hydrogen) atoms. The van der Waals surface area contributed by atoms with Crippen LogP contribution < -0.4 is 0 Å². The summed E-state index contributed by atoms with van der Waals surface area (Å²) < 4.78 is 28.3. The average Bonchev–Trinajstić information content (AvgIpc) is 2.68. The molecular formula is C13H24N2O3S. The van der Waals surface area contributed by atoms with Crippen LogP contribution in [0, 0.1) is 0 Å². The molecule has 6 heteroatoms. The summed E-state index contributed by atoms with van der Waals surface area (Å²) in [6.45, 7) is 1.27. The lowest BCUT2D eigenvalue weighted by molar-refractivity contribution is -0.120. The van der Waals surface area contributed by atoms with E-state index in [-0.39, 0.29) is 11.8 Å². The Labute approximate surface area is 116 Å². The first-order valence-corrected chi connectivity index (χ1v) is 8.66. The van der Waals surface area contributed by atoms with Crippen LogP contribution in [0.3, 0.4) is 0 Å². The molecule has 110 valence electrons. The molecule has 2 fully saturated rings. The standard InChI is InChI=1S/C13H24N2O3S/c1-14(12-6-8-13(16)9-7-12)19(17,18)15-10-4-2-3-5-11-15/h12H,2-11H2,1H3. The second-order valence-electron chi connectivity index (χ2n) is 5.61. The average molecular weight is 288 g/mol. The van der Waals surface area contributed by atoms with Crippen molar-refractivity contribution in [2.24, 2.45) is 0 Å². The van der Waals surface area contributed by atoms with E-state index in [9.17, 15) is 13.2 Å². The van der Waals surface area contributed by atoms with Crippen molar-refractivity contribution in [3.05, 3.63) is 0 Å². The Hall–Kier alpha value is -0.460. The quantitative estimate of drug-likeness (QED) is 0.791. The van der Waals surface area contributed by atoms with Gasteiger partial charge in [-0.15, -0.1) is 0 Å². The molecule has 0 bridgehead atoms. The van der Waals surface area contributed by atoms with Gasteiger partial charge in [-0.05, 0) is 25.7 Å². The molecule has 0 N–H and O–H groups in total. The van der Waals surface area contributed by atoms with Gasteiger partial charge < -0.3 is 0 Å². The lowest BCUT2D eigenvalue weighted by Crippen LogP contribution is -2.47. The van der Waals surface area contributed by atoms with Gasteiger partial charge in [0.05, 0.1) is 0 Å². The van der Waals surface area contributed by atoms with E-state index in [1.54, 1.807) is 11.4 Å². The fraction of sp³-hybridized carbons (Fsp3) is 0.923. The molecule has 2 aliphatic rings. The van der Waals surface area contributed by atoms with Crippen LogP contribution in [0.4, 0.5) is 0 Å². The number of ketones is 1. The van der Waals surface area contributed by atoms with Crippen molar-refractivity contribution in [2.75, 3.05) is 20.1 Å². The van der Waals surface area contributed by atoms with E-state index in [1.165, 1.54) is 4.31 Å². The van der Waals surface area contributed by atoms with E-state index in [1.807, 2.05) is 0 Å². The highest BCUT2D eigenvalue weighted by Gasteiger charge is 2.33. The fourth-order valence-electron chi connectivity index (χ4n) is 2.93. The molecule has 0 aromatic heterocycles. The zero-order chi connectivity index (χ0) is 13.9. The van der Waals surface area contributed by atoms with Crippen LogP contribution >= 0.6 is 0 Å². The molecule has 1 saturated carbocycles. The highest BCUT2D eigenvalue weighted by molar-refractivity contribution is 7.86. The molecule has 0 spiro atoms. The molecule has 0 amide bonds.